The van der Waals surface area contributed by atoms with Gasteiger partial charge in [0.15, 0.2) is 0 Å². The molecule has 9 aromatic rings. The van der Waals surface area contributed by atoms with Gasteiger partial charge in [-0.05, 0) is 130 Å². The Kier molecular flexibility index (Phi) is 8.27. The summed E-state index contributed by atoms with van der Waals surface area (Å²) in [6, 6.07) is 73.9. The summed E-state index contributed by atoms with van der Waals surface area (Å²) < 4.78 is 2.38. The van der Waals surface area contributed by atoms with Gasteiger partial charge in [-0.15, -0.1) is 10.0 Å². The number of hydrogen-bond acceptors (Lipinski definition) is 1. The summed E-state index contributed by atoms with van der Waals surface area (Å²) in [5.41, 5.74) is 3.39. The van der Waals surface area contributed by atoms with Crippen LogP contribution in [0, 0.1) is 0 Å². The first-order chi connectivity index (χ1) is 25.7. The molecule has 0 amide bonds. The number of aromatic nitrogens is 2. The van der Waals surface area contributed by atoms with Crippen LogP contribution in [-0.4, -0.2) is 15.8 Å². The molecule has 4 heteroatoms. The molecule has 0 atom stereocenters. The number of fused-ring (bicyclic) bond motifs is 3. The molecule has 0 saturated heterocycles. The summed E-state index contributed by atoms with van der Waals surface area (Å²) in [5.74, 6) is 0. The summed E-state index contributed by atoms with van der Waals surface area (Å²) in [7, 11) is -3.44. The van der Waals surface area contributed by atoms with Crippen LogP contribution < -0.4 is 0 Å². The van der Waals surface area contributed by atoms with Crippen molar-refractivity contribution in [2.75, 3.05) is 6.26 Å². The molecule has 0 radical (unpaired) electrons. The average molecular weight is 707 g/mol. The highest BCUT2D eigenvalue weighted by atomic mass is 32.3. The summed E-state index contributed by atoms with van der Waals surface area (Å²) in [6.45, 7) is 0. The largest absolute Gasteiger partial charge is 0.308 e. The van der Waals surface area contributed by atoms with Crippen molar-refractivity contribution in [2.24, 2.45) is 0 Å². The normalized spacial score (nSPS) is 12.6. The number of rotatable bonds is 8. The lowest BCUT2D eigenvalue weighted by Gasteiger charge is -2.42. The van der Waals surface area contributed by atoms with Crippen LogP contribution in [0.4, 0.5) is 0 Å². The Morgan fingerprint density at radius 1 is 0.385 bits per heavy atom. The van der Waals surface area contributed by atoms with E-state index < -0.39 is 20.1 Å². The van der Waals surface area contributed by atoms with Gasteiger partial charge in [0.1, 0.15) is 0 Å². The third-order valence-corrected chi connectivity index (χ3v) is 17.7. The predicted octanol–water partition coefficient (Wildman–Crippen LogP) is 13.4. The Hall–Kier alpha value is -5.81. The SMILES string of the molecule is CS(c1ccccc1)(c1ccccc1)c1ccc2c(c1)c1cc(S(c3ccccc3)(c3ccccc3)c3ccccc3)ccc1n2-c1cccnc1. The molecule has 0 aliphatic heterocycles. The third kappa shape index (κ3) is 5.18. The van der Waals surface area contributed by atoms with Gasteiger partial charge in [0.05, 0.1) is 22.9 Å². The number of pyridine rings is 1. The molecule has 0 aliphatic carbocycles. The Morgan fingerprint density at radius 3 is 1.21 bits per heavy atom. The third-order valence-electron chi connectivity index (χ3n) is 10.2. The van der Waals surface area contributed by atoms with Crippen molar-refractivity contribution in [2.45, 2.75) is 34.3 Å². The molecule has 9 rings (SSSR count). The second kappa shape index (κ2) is 13.4. The van der Waals surface area contributed by atoms with Gasteiger partial charge >= 0.3 is 0 Å². The fourth-order valence-electron chi connectivity index (χ4n) is 7.67. The standard InChI is InChI=1S/C48H38N2S2/c1-51(38-19-7-2-8-20-38,39-21-9-3-10-22-39)43-29-31-47-45(34-43)46-35-44(30-32-48(46)50(47)37-18-17-33-49-36-37)52(40-23-11-4-12-24-40,41-25-13-5-14-26-41)42-27-15-6-16-28-42/h2-36H,1H3. The van der Waals surface area contributed by atoms with E-state index in [4.69, 9.17) is 0 Å². The van der Waals surface area contributed by atoms with Crippen molar-refractivity contribution in [1.82, 2.24) is 9.55 Å². The van der Waals surface area contributed by atoms with E-state index in [2.05, 4.69) is 210 Å². The summed E-state index contributed by atoms with van der Waals surface area (Å²) in [5, 5.41) is 2.48. The van der Waals surface area contributed by atoms with Gasteiger partial charge in [0.25, 0.3) is 0 Å². The topological polar surface area (TPSA) is 17.8 Å². The minimum atomic E-state index is -1.87. The Labute approximate surface area is 308 Å². The number of nitrogens with zero attached hydrogens (tertiary/aromatic N) is 2. The van der Waals surface area contributed by atoms with E-state index in [1.807, 2.05) is 18.5 Å². The highest BCUT2D eigenvalue weighted by Gasteiger charge is 2.34. The summed E-state index contributed by atoms with van der Waals surface area (Å²) >= 11 is 0. The van der Waals surface area contributed by atoms with Crippen LogP contribution in [0.15, 0.2) is 247 Å². The molecular formula is C48H38N2S2. The van der Waals surface area contributed by atoms with Gasteiger partial charge in [0.2, 0.25) is 0 Å². The number of hydrogen-bond donors (Lipinski definition) is 0. The molecule has 0 aliphatic rings. The predicted molar refractivity (Wildman–Crippen MR) is 220 cm³/mol. The van der Waals surface area contributed by atoms with Crippen LogP contribution in [-0.2, 0) is 0 Å². The first-order valence-corrected chi connectivity index (χ1v) is 21.2. The summed E-state index contributed by atoms with van der Waals surface area (Å²) in [6.07, 6.45) is 6.26. The molecule has 2 heterocycles. The zero-order valence-corrected chi connectivity index (χ0v) is 30.6. The van der Waals surface area contributed by atoms with E-state index in [1.54, 1.807) is 0 Å². The van der Waals surface area contributed by atoms with E-state index in [0.717, 1.165) is 5.69 Å². The fourth-order valence-corrected chi connectivity index (χ4v) is 14.5. The zero-order chi connectivity index (χ0) is 35.0. The van der Waals surface area contributed by atoms with Gasteiger partial charge in [0, 0.05) is 36.6 Å². The Balaban J connectivity index is 1.39. The maximum Gasteiger partial charge on any atom is 0.0645 e. The second-order valence-corrected chi connectivity index (χ2v) is 19.4. The van der Waals surface area contributed by atoms with E-state index in [9.17, 15) is 0 Å². The maximum absolute atomic E-state index is 4.55. The van der Waals surface area contributed by atoms with Crippen LogP contribution in [0.1, 0.15) is 0 Å². The second-order valence-electron chi connectivity index (χ2n) is 13.0. The molecule has 2 nitrogen and oxygen atoms in total. The molecular weight excluding hydrogens is 669 g/mol. The first-order valence-electron chi connectivity index (χ1n) is 17.5. The minimum absolute atomic E-state index is 1.05. The zero-order valence-electron chi connectivity index (χ0n) is 28.9. The molecule has 252 valence electrons. The monoisotopic (exact) mass is 706 g/mol. The molecule has 52 heavy (non-hydrogen) atoms. The molecule has 7 aromatic carbocycles. The average Bonchev–Trinajstić information content (AvgIpc) is 3.56. The quantitative estimate of drug-likeness (QED) is 0.154. The Morgan fingerprint density at radius 2 is 0.788 bits per heavy atom. The van der Waals surface area contributed by atoms with Gasteiger partial charge in [-0.1, -0.05) is 91.0 Å². The van der Waals surface area contributed by atoms with Crippen molar-refractivity contribution in [1.29, 1.82) is 0 Å². The van der Waals surface area contributed by atoms with Crippen molar-refractivity contribution >= 4 is 41.9 Å². The molecule has 2 aromatic heterocycles. The number of benzene rings is 7. The van der Waals surface area contributed by atoms with Crippen LogP contribution in [0.5, 0.6) is 0 Å². The Bertz CT molecular complexity index is 2470. The van der Waals surface area contributed by atoms with Crippen LogP contribution in [0.3, 0.4) is 0 Å². The van der Waals surface area contributed by atoms with Crippen LogP contribution in [0.25, 0.3) is 27.5 Å². The smallest absolute Gasteiger partial charge is 0.0645 e. The lowest BCUT2D eigenvalue weighted by atomic mass is 10.1. The molecule has 0 unspecified atom stereocenters. The molecule has 0 bridgehead atoms. The molecule has 0 spiro atoms. The minimum Gasteiger partial charge on any atom is -0.308 e. The van der Waals surface area contributed by atoms with Crippen molar-refractivity contribution in [3.63, 3.8) is 0 Å². The van der Waals surface area contributed by atoms with Crippen LogP contribution >= 0.6 is 20.1 Å². The molecule has 0 saturated carbocycles. The van der Waals surface area contributed by atoms with E-state index in [1.165, 1.54) is 56.1 Å². The van der Waals surface area contributed by atoms with Crippen LogP contribution in [0.2, 0.25) is 0 Å². The molecule has 0 fully saturated rings. The van der Waals surface area contributed by atoms with Gasteiger partial charge in [-0.2, -0.15) is 10.0 Å². The van der Waals surface area contributed by atoms with Gasteiger partial charge < -0.3 is 4.57 Å². The van der Waals surface area contributed by atoms with Gasteiger partial charge in [-0.3, -0.25) is 4.98 Å². The van der Waals surface area contributed by atoms with Crippen molar-refractivity contribution in [3.8, 4) is 5.69 Å². The summed E-state index contributed by atoms with van der Waals surface area (Å²) in [4.78, 5) is 13.8. The highest BCUT2D eigenvalue weighted by Crippen LogP contribution is 2.73. The fraction of sp³-hybridized carbons (Fsp3) is 0.0208. The first kappa shape index (κ1) is 32.1. The lowest BCUT2D eigenvalue weighted by Crippen LogP contribution is -2.05. The van der Waals surface area contributed by atoms with E-state index in [-0.39, 0.29) is 0 Å². The lowest BCUT2D eigenvalue weighted by molar-refractivity contribution is 1.14. The van der Waals surface area contributed by atoms with E-state index in [0.29, 0.717) is 0 Å². The van der Waals surface area contributed by atoms with Crippen molar-refractivity contribution < 1.29 is 0 Å². The molecule has 0 N–H and O–H groups in total. The maximum atomic E-state index is 4.55. The van der Waals surface area contributed by atoms with E-state index >= 15 is 0 Å². The van der Waals surface area contributed by atoms with Gasteiger partial charge in [-0.25, -0.2) is 0 Å². The highest BCUT2D eigenvalue weighted by molar-refractivity contribution is 8.34. The van der Waals surface area contributed by atoms with Crippen molar-refractivity contribution in [3.05, 3.63) is 213 Å².